The van der Waals surface area contributed by atoms with Crippen molar-refractivity contribution in [1.29, 1.82) is 0 Å². The molecule has 2 heteroatoms. The Balaban J connectivity index is 0. The number of aliphatic hydroxyl groups excluding tert-OH is 2. The average molecular weight is 469 g/mol. The molecule has 2 nitrogen and oxygen atoms in total. The van der Waals surface area contributed by atoms with Crippen LogP contribution in [0.5, 0.6) is 0 Å². The number of hydrogen-bond acceptors (Lipinski definition) is 2. The fourth-order valence-corrected chi connectivity index (χ4v) is 2.31. The topological polar surface area (TPSA) is 40.5 Å². The van der Waals surface area contributed by atoms with Gasteiger partial charge in [-0.1, -0.05) is 82.0 Å². The summed E-state index contributed by atoms with van der Waals surface area (Å²) >= 11 is 0. The molecular weight excluding hydrogens is 416 g/mol. The molecule has 192 valence electrons. The molecule has 0 aliphatic carbocycles. The van der Waals surface area contributed by atoms with E-state index in [1.54, 1.807) is 0 Å². The Bertz CT molecular complexity index is 763. The first-order valence-electron chi connectivity index (χ1n) is 12.3. The van der Waals surface area contributed by atoms with Crippen LogP contribution in [0.1, 0.15) is 95.9 Å². The molecule has 0 aromatic heterocycles. The molecular formula is C32H52O2. The fourth-order valence-electron chi connectivity index (χ4n) is 2.31. The molecule has 0 bridgehead atoms. The van der Waals surface area contributed by atoms with Gasteiger partial charge in [-0.3, -0.25) is 0 Å². The summed E-state index contributed by atoms with van der Waals surface area (Å²) in [5, 5.41) is 19.8. The Morgan fingerprint density at radius 3 is 1.06 bits per heavy atom. The Hall–Kier alpha value is -2.16. The van der Waals surface area contributed by atoms with Crippen LogP contribution in [0.3, 0.4) is 0 Å². The lowest BCUT2D eigenvalue weighted by Gasteiger charge is -2.08. The quantitative estimate of drug-likeness (QED) is 0.248. The van der Waals surface area contributed by atoms with Gasteiger partial charge < -0.3 is 10.2 Å². The third-order valence-corrected chi connectivity index (χ3v) is 5.54. The highest BCUT2D eigenvalue weighted by Gasteiger charge is 2.03. The third-order valence-electron chi connectivity index (χ3n) is 5.54. The fraction of sp³-hybridized carbons (Fsp3) is 0.500. The van der Waals surface area contributed by atoms with Crippen molar-refractivity contribution in [3.63, 3.8) is 0 Å². The molecule has 0 aliphatic heterocycles. The number of aliphatic hydroxyl groups is 2. The van der Waals surface area contributed by atoms with E-state index in [0.29, 0.717) is 12.8 Å². The van der Waals surface area contributed by atoms with Crippen molar-refractivity contribution < 1.29 is 10.2 Å². The smallest absolute Gasteiger partial charge is 0.0784 e. The standard InChI is InChI=1S/2C16H26O/c2*1-12(2)10-11-16(17)15(6)9-7-8-14(5)13(3)4/h2*7-10,16-17H,11H2,1-6H3/b2*8-7+,15-9+/t16-;/m0./s1. The van der Waals surface area contributed by atoms with E-state index in [-0.39, 0.29) is 12.2 Å². The van der Waals surface area contributed by atoms with Crippen molar-refractivity contribution in [1.82, 2.24) is 0 Å². The minimum absolute atomic E-state index is 0.374. The highest BCUT2D eigenvalue weighted by molar-refractivity contribution is 5.27. The van der Waals surface area contributed by atoms with Gasteiger partial charge in [0, 0.05) is 0 Å². The second-order valence-electron chi connectivity index (χ2n) is 9.97. The van der Waals surface area contributed by atoms with Crippen LogP contribution >= 0.6 is 0 Å². The van der Waals surface area contributed by atoms with Gasteiger partial charge in [0.25, 0.3) is 0 Å². The second-order valence-corrected chi connectivity index (χ2v) is 9.97. The van der Waals surface area contributed by atoms with E-state index in [1.807, 2.05) is 65.8 Å². The van der Waals surface area contributed by atoms with Gasteiger partial charge in [-0.15, -0.1) is 0 Å². The van der Waals surface area contributed by atoms with E-state index in [9.17, 15) is 10.2 Å². The molecule has 0 fully saturated rings. The Morgan fingerprint density at radius 1 is 0.529 bits per heavy atom. The summed E-state index contributed by atoms with van der Waals surface area (Å²) in [4.78, 5) is 0. The van der Waals surface area contributed by atoms with Crippen molar-refractivity contribution in [2.45, 2.75) is 108 Å². The van der Waals surface area contributed by atoms with Crippen molar-refractivity contribution in [2.24, 2.45) is 0 Å². The molecule has 0 aliphatic rings. The van der Waals surface area contributed by atoms with Crippen LogP contribution in [0.4, 0.5) is 0 Å². The van der Waals surface area contributed by atoms with Crippen molar-refractivity contribution >= 4 is 0 Å². The van der Waals surface area contributed by atoms with Crippen LogP contribution in [0.2, 0.25) is 0 Å². The summed E-state index contributed by atoms with van der Waals surface area (Å²) in [7, 11) is 0. The molecule has 2 N–H and O–H groups in total. The minimum atomic E-state index is -0.374. The van der Waals surface area contributed by atoms with E-state index in [2.05, 4.69) is 65.8 Å². The molecule has 0 aromatic rings. The summed E-state index contributed by atoms with van der Waals surface area (Å²) in [6.45, 7) is 24.7. The molecule has 34 heavy (non-hydrogen) atoms. The SMILES string of the molecule is CC(C)=CCC(O)/C(C)=C/C=C/C(C)=C(C)C.CC(C)=CC[C@H](O)/C(C)=C/C=C/C(C)=C(C)C. The largest absolute Gasteiger partial charge is 0.388 e. The lowest BCUT2D eigenvalue weighted by atomic mass is 10.1. The van der Waals surface area contributed by atoms with Crippen LogP contribution in [0.15, 0.2) is 93.2 Å². The van der Waals surface area contributed by atoms with E-state index < -0.39 is 0 Å². The van der Waals surface area contributed by atoms with Crippen LogP contribution in [0, 0.1) is 0 Å². The minimum Gasteiger partial charge on any atom is -0.388 e. The Labute approximate surface area is 211 Å². The molecule has 2 atom stereocenters. The summed E-state index contributed by atoms with van der Waals surface area (Å²) in [6.07, 6.45) is 16.9. The number of rotatable bonds is 10. The van der Waals surface area contributed by atoms with Gasteiger partial charge in [0.2, 0.25) is 0 Å². The maximum atomic E-state index is 9.88. The lowest BCUT2D eigenvalue weighted by molar-refractivity contribution is 0.214. The van der Waals surface area contributed by atoms with Crippen LogP contribution in [0.25, 0.3) is 0 Å². The zero-order valence-electron chi connectivity index (χ0n) is 24.1. The lowest BCUT2D eigenvalue weighted by Crippen LogP contribution is -2.06. The average Bonchev–Trinajstić information content (AvgIpc) is 2.75. The summed E-state index contributed by atoms with van der Waals surface area (Å²) in [6, 6.07) is 0. The van der Waals surface area contributed by atoms with Crippen LogP contribution in [-0.4, -0.2) is 22.4 Å². The van der Waals surface area contributed by atoms with E-state index in [0.717, 1.165) is 11.1 Å². The van der Waals surface area contributed by atoms with E-state index >= 15 is 0 Å². The molecule has 0 radical (unpaired) electrons. The Kier molecular flexibility index (Phi) is 19.2. The molecule has 0 amide bonds. The summed E-state index contributed by atoms with van der Waals surface area (Å²) < 4.78 is 0. The number of hydrogen-bond donors (Lipinski definition) is 2. The second kappa shape index (κ2) is 19.2. The normalized spacial score (nSPS) is 13.7. The van der Waals surface area contributed by atoms with Crippen molar-refractivity contribution in [3.05, 3.63) is 93.2 Å². The summed E-state index contributed by atoms with van der Waals surface area (Å²) in [5.41, 5.74) is 9.66. The van der Waals surface area contributed by atoms with Gasteiger partial charge in [-0.25, -0.2) is 0 Å². The highest BCUT2D eigenvalue weighted by atomic mass is 16.3. The van der Waals surface area contributed by atoms with Crippen LogP contribution < -0.4 is 0 Å². The number of allylic oxidation sites excluding steroid dienone is 12. The van der Waals surface area contributed by atoms with E-state index in [1.165, 1.54) is 33.4 Å². The van der Waals surface area contributed by atoms with Crippen molar-refractivity contribution in [3.8, 4) is 0 Å². The zero-order valence-corrected chi connectivity index (χ0v) is 24.1. The monoisotopic (exact) mass is 468 g/mol. The predicted octanol–water partition coefficient (Wildman–Crippen LogP) is 9.12. The van der Waals surface area contributed by atoms with Gasteiger partial charge in [0.05, 0.1) is 12.2 Å². The first-order valence-corrected chi connectivity index (χ1v) is 12.3. The highest BCUT2D eigenvalue weighted by Crippen LogP contribution is 2.11. The third kappa shape index (κ3) is 19.3. The van der Waals surface area contributed by atoms with Gasteiger partial charge >= 0.3 is 0 Å². The van der Waals surface area contributed by atoms with Gasteiger partial charge in [0.15, 0.2) is 0 Å². The Morgan fingerprint density at radius 2 is 0.824 bits per heavy atom. The molecule has 0 rings (SSSR count). The molecule has 0 spiro atoms. The molecule has 0 saturated carbocycles. The van der Waals surface area contributed by atoms with E-state index in [4.69, 9.17) is 0 Å². The first kappa shape index (κ1) is 34.0. The van der Waals surface area contributed by atoms with Gasteiger partial charge in [0.1, 0.15) is 0 Å². The van der Waals surface area contributed by atoms with Gasteiger partial charge in [-0.05, 0) is 107 Å². The maximum Gasteiger partial charge on any atom is 0.0784 e. The molecule has 0 saturated heterocycles. The molecule has 0 heterocycles. The van der Waals surface area contributed by atoms with Crippen LogP contribution in [-0.2, 0) is 0 Å². The molecule has 0 aromatic carbocycles. The van der Waals surface area contributed by atoms with Crippen molar-refractivity contribution in [2.75, 3.05) is 0 Å². The summed E-state index contributed by atoms with van der Waals surface area (Å²) in [5.74, 6) is 0. The van der Waals surface area contributed by atoms with Gasteiger partial charge in [-0.2, -0.15) is 0 Å². The maximum absolute atomic E-state index is 9.88. The first-order chi connectivity index (χ1) is 15.7. The predicted molar refractivity (Wildman–Crippen MR) is 154 cm³/mol. The molecule has 1 unspecified atom stereocenters. The zero-order chi connectivity index (χ0) is 26.8.